The van der Waals surface area contributed by atoms with Crippen LogP contribution >= 0.6 is 0 Å². The Morgan fingerprint density at radius 3 is 1.49 bits per heavy atom. The molecule has 1 N–H and O–H groups in total. The molecule has 0 aliphatic heterocycles. The second-order valence-electron chi connectivity index (χ2n) is 14.8. The third-order valence-electron chi connectivity index (χ3n) is 6.49. The standard InChI is InChI=1S/C26H61FO8Si8/c1-16-17-21-37(2,3)31-41(10,11)33-39(6,7)29-36-30-40(8,9)34-43(14,15)35-42(12,13)32-38(4,5)22-20-24-18-19-26(28)25(27)23-24/h18-19,23,28H,16-17,20-22,36H2,1-15H3. The molecule has 0 saturated heterocycles. The van der Waals surface area contributed by atoms with E-state index in [2.05, 4.69) is 85.5 Å². The Balaban J connectivity index is 2.66. The predicted molar refractivity (Wildman–Crippen MR) is 195 cm³/mol. The summed E-state index contributed by atoms with van der Waals surface area (Å²) in [5.41, 5.74) is 0.849. The maximum Gasteiger partial charge on any atom is 0.314 e. The molecule has 8 nitrogen and oxygen atoms in total. The number of phenolic OH excluding ortho intramolecular Hbond substituents is 1. The average molecular weight is 745 g/mol. The zero-order chi connectivity index (χ0) is 33.5. The van der Waals surface area contributed by atoms with Crippen LogP contribution in [0.1, 0.15) is 25.3 Å². The molecule has 0 aliphatic carbocycles. The summed E-state index contributed by atoms with van der Waals surface area (Å²) in [5, 5.41) is 9.47. The molecule has 17 heteroatoms. The molecule has 0 radical (unpaired) electrons. The van der Waals surface area contributed by atoms with E-state index in [1.165, 1.54) is 25.0 Å². The zero-order valence-corrected chi connectivity index (χ0v) is 38.1. The largest absolute Gasteiger partial charge is 0.505 e. The Kier molecular flexibility index (Phi) is 15.4. The number of aryl methyl sites for hydroxylation is 1. The number of aromatic hydroxyl groups is 1. The first-order valence-electron chi connectivity index (χ1n) is 15.4. The maximum atomic E-state index is 13.8. The van der Waals surface area contributed by atoms with Crippen LogP contribution in [-0.2, 0) is 35.2 Å². The summed E-state index contributed by atoms with van der Waals surface area (Å²) < 4.78 is 59.6. The number of rotatable bonds is 20. The summed E-state index contributed by atoms with van der Waals surface area (Å²) in [7, 11) is -17.7. The maximum absolute atomic E-state index is 13.8. The van der Waals surface area contributed by atoms with Crippen molar-refractivity contribution in [1.29, 1.82) is 0 Å². The molecule has 1 aromatic carbocycles. The van der Waals surface area contributed by atoms with Crippen molar-refractivity contribution in [3.05, 3.63) is 29.6 Å². The molecule has 0 heterocycles. The topological polar surface area (TPSA) is 84.8 Å². The number of benzene rings is 1. The molecule has 252 valence electrons. The van der Waals surface area contributed by atoms with Gasteiger partial charge < -0.3 is 33.9 Å². The third-order valence-corrected chi connectivity index (χ3v) is 36.2. The van der Waals surface area contributed by atoms with Gasteiger partial charge in [-0.2, -0.15) is 0 Å². The number of unbranched alkanes of at least 4 members (excludes halogenated alkanes) is 1. The van der Waals surface area contributed by atoms with Crippen LogP contribution in [0.15, 0.2) is 18.2 Å². The number of halogens is 1. The Morgan fingerprint density at radius 1 is 0.628 bits per heavy atom. The van der Waals surface area contributed by atoms with Crippen LogP contribution < -0.4 is 0 Å². The fraction of sp³-hybridized carbons (Fsp3) is 0.769. The minimum Gasteiger partial charge on any atom is -0.505 e. The zero-order valence-electron chi connectivity index (χ0n) is 29.7. The highest BCUT2D eigenvalue weighted by Gasteiger charge is 2.45. The fourth-order valence-electron chi connectivity index (χ4n) is 5.40. The van der Waals surface area contributed by atoms with E-state index in [0.717, 1.165) is 17.7 Å². The van der Waals surface area contributed by atoms with Gasteiger partial charge >= 0.3 is 42.8 Å². The van der Waals surface area contributed by atoms with E-state index >= 15 is 0 Å². The molecule has 1 aromatic rings. The molecule has 0 aliphatic rings. The van der Waals surface area contributed by atoms with E-state index in [0.29, 0.717) is 6.42 Å². The van der Waals surface area contributed by atoms with Gasteiger partial charge in [-0.3, -0.25) is 0 Å². The molecule has 0 bridgehead atoms. The predicted octanol–water partition coefficient (Wildman–Crippen LogP) is 7.91. The Hall–Kier alpha value is 0.405. The van der Waals surface area contributed by atoms with Crippen LogP contribution in [-0.4, -0.2) is 74.6 Å². The van der Waals surface area contributed by atoms with Crippen LogP contribution in [0.4, 0.5) is 4.39 Å². The lowest BCUT2D eigenvalue weighted by molar-refractivity contribution is 0.284. The lowest BCUT2D eigenvalue weighted by atomic mass is 10.1. The quantitative estimate of drug-likeness (QED) is 0.135. The summed E-state index contributed by atoms with van der Waals surface area (Å²) in [6.45, 7) is 31.9. The second-order valence-corrected chi connectivity index (χ2v) is 43.5. The van der Waals surface area contributed by atoms with Crippen molar-refractivity contribution in [1.82, 2.24) is 0 Å². The number of hydrogen-bond acceptors (Lipinski definition) is 8. The smallest absolute Gasteiger partial charge is 0.314 e. The average Bonchev–Trinajstić information content (AvgIpc) is 2.74. The molecule has 0 fully saturated rings. The first-order chi connectivity index (χ1) is 19.2. The van der Waals surface area contributed by atoms with Crippen LogP contribution in [0, 0.1) is 5.82 Å². The van der Waals surface area contributed by atoms with Crippen molar-refractivity contribution in [3.8, 4) is 5.75 Å². The van der Waals surface area contributed by atoms with Gasteiger partial charge in [0.25, 0.3) is 10.0 Å². The van der Waals surface area contributed by atoms with Crippen molar-refractivity contribution >= 4 is 69.4 Å². The molecular weight excluding hydrogens is 684 g/mol. The summed E-state index contributed by atoms with van der Waals surface area (Å²) >= 11 is 0. The van der Waals surface area contributed by atoms with E-state index in [-0.39, 0.29) is 5.75 Å². The van der Waals surface area contributed by atoms with Gasteiger partial charge in [0, 0.05) is 0 Å². The Morgan fingerprint density at radius 2 is 1.05 bits per heavy atom. The van der Waals surface area contributed by atoms with Gasteiger partial charge in [-0.25, -0.2) is 4.39 Å². The molecule has 0 saturated carbocycles. The highest BCUT2D eigenvalue weighted by molar-refractivity contribution is 6.89. The monoisotopic (exact) mass is 744 g/mol. The number of phenols is 1. The van der Waals surface area contributed by atoms with Gasteiger partial charge in [-0.1, -0.05) is 25.8 Å². The Bertz CT molecular complexity index is 1020. The molecular formula is C26H61FO8Si8. The van der Waals surface area contributed by atoms with Crippen LogP contribution in [0.25, 0.3) is 0 Å². The van der Waals surface area contributed by atoms with Crippen molar-refractivity contribution in [2.45, 2.75) is 130 Å². The van der Waals surface area contributed by atoms with E-state index in [1.807, 2.05) is 13.1 Å². The van der Waals surface area contributed by atoms with Gasteiger partial charge in [0.2, 0.25) is 0 Å². The summed E-state index contributed by atoms with van der Waals surface area (Å²) in [6, 6.07) is 6.52. The third kappa shape index (κ3) is 17.8. The highest BCUT2D eigenvalue weighted by atomic mass is 28.5. The first-order valence-corrected chi connectivity index (χ1v) is 36.9. The molecule has 0 spiro atoms. The summed E-state index contributed by atoms with van der Waals surface area (Å²) in [5.74, 6) is -0.918. The van der Waals surface area contributed by atoms with Gasteiger partial charge in [-0.05, 0) is 128 Å². The van der Waals surface area contributed by atoms with E-state index in [4.69, 9.17) is 28.8 Å². The van der Waals surface area contributed by atoms with Crippen LogP contribution in [0.5, 0.6) is 5.75 Å². The van der Waals surface area contributed by atoms with Gasteiger partial charge in [0.1, 0.15) is 0 Å². The van der Waals surface area contributed by atoms with E-state index in [9.17, 15) is 9.50 Å². The minimum absolute atomic E-state index is 0.326. The minimum atomic E-state index is -2.59. The van der Waals surface area contributed by atoms with Gasteiger partial charge in [0.15, 0.2) is 28.2 Å². The van der Waals surface area contributed by atoms with Gasteiger partial charge in [-0.15, -0.1) is 0 Å². The molecule has 0 aromatic heterocycles. The second kappa shape index (κ2) is 16.0. The van der Waals surface area contributed by atoms with Crippen molar-refractivity contribution in [2.24, 2.45) is 0 Å². The number of hydrogen-bond donors (Lipinski definition) is 1. The lowest BCUT2D eigenvalue weighted by Crippen LogP contribution is -2.57. The molecule has 0 amide bonds. The van der Waals surface area contributed by atoms with E-state index < -0.39 is 75.3 Å². The molecule has 0 unspecified atom stereocenters. The fourth-order valence-corrected chi connectivity index (χ4v) is 39.4. The van der Waals surface area contributed by atoms with Crippen molar-refractivity contribution in [2.75, 3.05) is 0 Å². The first kappa shape index (κ1) is 41.4. The van der Waals surface area contributed by atoms with Crippen molar-refractivity contribution in [3.63, 3.8) is 0 Å². The summed E-state index contributed by atoms with van der Waals surface area (Å²) in [6.07, 6.45) is 3.06. The molecule has 1 rings (SSSR count). The normalized spacial score (nSPS) is 14.7. The van der Waals surface area contributed by atoms with Crippen LogP contribution in [0.3, 0.4) is 0 Å². The molecule has 0 atom stereocenters. The lowest BCUT2D eigenvalue weighted by Gasteiger charge is -2.41. The highest BCUT2D eigenvalue weighted by Crippen LogP contribution is 2.28. The van der Waals surface area contributed by atoms with Crippen molar-refractivity contribution < 1.29 is 38.3 Å². The van der Waals surface area contributed by atoms with Crippen LogP contribution in [0.2, 0.25) is 104 Å². The summed E-state index contributed by atoms with van der Waals surface area (Å²) in [4.78, 5) is 0. The van der Waals surface area contributed by atoms with E-state index in [1.54, 1.807) is 6.07 Å². The molecule has 43 heavy (non-hydrogen) atoms. The Labute approximate surface area is 271 Å². The SMILES string of the molecule is CCCC[Si](C)(C)O[Si](C)(C)O[Si](C)(C)O[SiH2]O[Si](C)(C)O[Si](C)(C)O[Si](C)(C)O[Si](C)(C)CCc1ccc(O)c(F)c1. The van der Waals surface area contributed by atoms with Gasteiger partial charge in [0.05, 0.1) is 0 Å².